The van der Waals surface area contributed by atoms with Crippen molar-refractivity contribution in [3.05, 3.63) is 17.5 Å². The number of piperidine rings is 1. The molecule has 23 heavy (non-hydrogen) atoms. The van der Waals surface area contributed by atoms with Gasteiger partial charge in [-0.3, -0.25) is 4.68 Å². The molecule has 2 fully saturated rings. The number of nitrogens with one attached hydrogen (secondary N) is 1. The Bertz CT molecular complexity index is 545. The number of ether oxygens (including phenoxy) is 1. The topological polar surface area (TPSA) is 59.4 Å². The molecule has 2 heterocycles. The Morgan fingerprint density at radius 2 is 2.09 bits per heavy atom. The number of aromatic nitrogens is 2. The van der Waals surface area contributed by atoms with Crippen molar-refractivity contribution in [2.24, 2.45) is 13.0 Å². The standard InChI is InChI=1S/C17H28N4O2/c1-12(16-10-18-20(3)13(16)2)19-17(22)21-8-6-15(7-9-21)23-11-14-4-5-14/h10,12,14-15H,4-9,11H2,1-3H3,(H,19,22)/t12-/m1/s1. The summed E-state index contributed by atoms with van der Waals surface area (Å²) in [5.74, 6) is 0.805. The third-order valence-electron chi connectivity index (χ3n) is 5.07. The second kappa shape index (κ2) is 6.91. The number of urea groups is 1. The van der Waals surface area contributed by atoms with E-state index in [4.69, 9.17) is 4.74 Å². The Balaban J connectivity index is 1.44. The van der Waals surface area contributed by atoms with Gasteiger partial charge in [-0.15, -0.1) is 0 Å². The Morgan fingerprint density at radius 3 is 2.65 bits per heavy atom. The summed E-state index contributed by atoms with van der Waals surface area (Å²) in [7, 11) is 1.92. The summed E-state index contributed by atoms with van der Waals surface area (Å²) < 4.78 is 7.77. The van der Waals surface area contributed by atoms with Crippen LogP contribution in [-0.2, 0) is 11.8 Å². The molecule has 1 atom stereocenters. The van der Waals surface area contributed by atoms with E-state index in [-0.39, 0.29) is 12.1 Å². The molecule has 1 saturated heterocycles. The third-order valence-corrected chi connectivity index (χ3v) is 5.07. The lowest BCUT2D eigenvalue weighted by Crippen LogP contribution is -2.46. The predicted octanol–water partition coefficient (Wildman–Crippen LogP) is 2.39. The van der Waals surface area contributed by atoms with Gasteiger partial charge < -0.3 is 15.0 Å². The fraction of sp³-hybridized carbons (Fsp3) is 0.765. The van der Waals surface area contributed by atoms with Crippen molar-refractivity contribution in [2.45, 2.75) is 51.7 Å². The Morgan fingerprint density at radius 1 is 1.39 bits per heavy atom. The molecule has 0 unspecified atom stereocenters. The monoisotopic (exact) mass is 320 g/mol. The van der Waals surface area contributed by atoms with Crippen LogP contribution >= 0.6 is 0 Å². The summed E-state index contributed by atoms with van der Waals surface area (Å²) in [6.45, 7) is 6.50. The van der Waals surface area contributed by atoms with Crippen molar-refractivity contribution in [3.8, 4) is 0 Å². The van der Waals surface area contributed by atoms with Crippen LogP contribution in [0.5, 0.6) is 0 Å². The fourth-order valence-electron chi connectivity index (χ4n) is 3.08. The SMILES string of the molecule is Cc1c([C@@H](C)NC(=O)N2CCC(OCC3CC3)CC2)cnn1C. The molecule has 6 nitrogen and oxygen atoms in total. The molecular formula is C17H28N4O2. The number of rotatable bonds is 5. The summed E-state index contributed by atoms with van der Waals surface area (Å²) in [6, 6.07) is -0.0126. The first kappa shape index (κ1) is 16.3. The minimum atomic E-state index is -0.0277. The van der Waals surface area contributed by atoms with E-state index in [9.17, 15) is 4.79 Å². The van der Waals surface area contributed by atoms with Gasteiger partial charge in [-0.25, -0.2) is 4.79 Å². The molecule has 128 valence electrons. The van der Waals surface area contributed by atoms with Gasteiger partial charge in [0.05, 0.1) is 18.3 Å². The molecule has 1 aromatic heterocycles. The molecule has 1 N–H and O–H groups in total. The molecule has 2 amide bonds. The Labute approximate surface area is 138 Å². The van der Waals surface area contributed by atoms with Crippen molar-refractivity contribution in [2.75, 3.05) is 19.7 Å². The molecule has 1 aromatic rings. The minimum Gasteiger partial charge on any atom is -0.378 e. The minimum absolute atomic E-state index is 0.0152. The molecule has 3 rings (SSSR count). The maximum atomic E-state index is 12.4. The molecule has 1 aliphatic carbocycles. The van der Waals surface area contributed by atoms with E-state index in [1.54, 1.807) is 0 Å². The lowest BCUT2D eigenvalue weighted by molar-refractivity contribution is 0.00933. The first-order valence-electron chi connectivity index (χ1n) is 8.70. The lowest BCUT2D eigenvalue weighted by atomic mass is 10.1. The van der Waals surface area contributed by atoms with Gasteiger partial charge >= 0.3 is 6.03 Å². The lowest BCUT2D eigenvalue weighted by Gasteiger charge is -2.32. The first-order chi connectivity index (χ1) is 11.0. The molecule has 2 aliphatic rings. The fourth-order valence-corrected chi connectivity index (χ4v) is 3.08. The van der Waals surface area contributed by atoms with Gasteiger partial charge in [0, 0.05) is 38.0 Å². The van der Waals surface area contributed by atoms with E-state index < -0.39 is 0 Å². The van der Waals surface area contributed by atoms with Gasteiger partial charge in [-0.1, -0.05) is 0 Å². The van der Waals surface area contributed by atoms with Crippen LogP contribution in [0.1, 0.15) is 49.9 Å². The quantitative estimate of drug-likeness (QED) is 0.906. The van der Waals surface area contributed by atoms with Gasteiger partial charge in [-0.05, 0) is 45.4 Å². The number of carbonyl (C=O) groups is 1. The Kier molecular flexibility index (Phi) is 4.90. The number of aryl methyl sites for hydroxylation is 1. The Hall–Kier alpha value is -1.56. The van der Waals surface area contributed by atoms with E-state index in [0.717, 1.165) is 49.7 Å². The molecule has 0 spiro atoms. The van der Waals surface area contributed by atoms with Gasteiger partial charge in [0.25, 0.3) is 0 Å². The van der Waals surface area contributed by atoms with E-state index >= 15 is 0 Å². The second-order valence-corrected chi connectivity index (χ2v) is 6.94. The largest absolute Gasteiger partial charge is 0.378 e. The summed E-state index contributed by atoms with van der Waals surface area (Å²) in [4.78, 5) is 14.3. The molecule has 0 radical (unpaired) electrons. The zero-order valence-electron chi connectivity index (χ0n) is 14.4. The smallest absolute Gasteiger partial charge is 0.317 e. The van der Waals surface area contributed by atoms with Crippen LogP contribution in [0.25, 0.3) is 0 Å². The van der Waals surface area contributed by atoms with Crippen LogP contribution in [0, 0.1) is 12.8 Å². The highest BCUT2D eigenvalue weighted by molar-refractivity contribution is 5.74. The molecule has 1 saturated carbocycles. The summed E-state index contributed by atoms with van der Waals surface area (Å²) in [5.41, 5.74) is 2.16. The van der Waals surface area contributed by atoms with Gasteiger partial charge in [0.2, 0.25) is 0 Å². The van der Waals surface area contributed by atoms with E-state index in [0.29, 0.717) is 6.10 Å². The molecule has 0 bridgehead atoms. The number of hydrogen-bond donors (Lipinski definition) is 1. The highest BCUT2D eigenvalue weighted by atomic mass is 16.5. The summed E-state index contributed by atoms with van der Waals surface area (Å²) in [6.07, 6.45) is 6.71. The number of likely N-dealkylation sites (tertiary alicyclic amines) is 1. The number of hydrogen-bond acceptors (Lipinski definition) is 3. The zero-order valence-corrected chi connectivity index (χ0v) is 14.4. The van der Waals surface area contributed by atoms with Crippen LogP contribution < -0.4 is 5.32 Å². The first-order valence-corrected chi connectivity index (χ1v) is 8.70. The van der Waals surface area contributed by atoms with Gasteiger partial charge in [-0.2, -0.15) is 5.10 Å². The molecule has 6 heteroatoms. The molecular weight excluding hydrogens is 292 g/mol. The summed E-state index contributed by atoms with van der Waals surface area (Å²) in [5, 5.41) is 7.33. The normalized spacial score (nSPS) is 20.6. The maximum absolute atomic E-state index is 12.4. The number of amides is 2. The maximum Gasteiger partial charge on any atom is 0.317 e. The summed E-state index contributed by atoms with van der Waals surface area (Å²) >= 11 is 0. The number of carbonyl (C=O) groups excluding carboxylic acids is 1. The van der Waals surface area contributed by atoms with Crippen LogP contribution in [0.3, 0.4) is 0 Å². The van der Waals surface area contributed by atoms with Crippen molar-refractivity contribution in [1.82, 2.24) is 20.0 Å². The third kappa shape index (κ3) is 4.05. The highest BCUT2D eigenvalue weighted by Gasteiger charge is 2.27. The van der Waals surface area contributed by atoms with Crippen LogP contribution in [0.2, 0.25) is 0 Å². The van der Waals surface area contributed by atoms with E-state index in [2.05, 4.69) is 10.4 Å². The highest BCUT2D eigenvalue weighted by Crippen LogP contribution is 2.30. The van der Waals surface area contributed by atoms with Crippen molar-refractivity contribution in [1.29, 1.82) is 0 Å². The molecule has 0 aromatic carbocycles. The van der Waals surface area contributed by atoms with Crippen LogP contribution in [0.15, 0.2) is 6.20 Å². The van der Waals surface area contributed by atoms with Crippen LogP contribution in [0.4, 0.5) is 4.79 Å². The second-order valence-electron chi connectivity index (χ2n) is 6.94. The zero-order chi connectivity index (χ0) is 16.4. The van der Waals surface area contributed by atoms with Gasteiger partial charge in [0.1, 0.15) is 0 Å². The van der Waals surface area contributed by atoms with Crippen molar-refractivity contribution in [3.63, 3.8) is 0 Å². The van der Waals surface area contributed by atoms with E-state index in [1.807, 2.05) is 36.7 Å². The molecule has 1 aliphatic heterocycles. The predicted molar refractivity (Wildman–Crippen MR) is 88.2 cm³/mol. The van der Waals surface area contributed by atoms with Crippen molar-refractivity contribution >= 4 is 6.03 Å². The van der Waals surface area contributed by atoms with Crippen LogP contribution in [-0.4, -0.2) is 46.5 Å². The number of nitrogens with zero attached hydrogens (tertiary/aromatic N) is 3. The van der Waals surface area contributed by atoms with E-state index in [1.165, 1.54) is 12.8 Å². The van der Waals surface area contributed by atoms with Gasteiger partial charge in [0.15, 0.2) is 0 Å². The average molecular weight is 320 g/mol. The van der Waals surface area contributed by atoms with Crippen molar-refractivity contribution < 1.29 is 9.53 Å². The average Bonchev–Trinajstić information content (AvgIpc) is 3.31.